The van der Waals surface area contributed by atoms with Gasteiger partial charge in [0.1, 0.15) is 5.82 Å². The van der Waals surface area contributed by atoms with Gasteiger partial charge in [-0.25, -0.2) is 0 Å². The fourth-order valence-electron chi connectivity index (χ4n) is 2.08. The number of nitrogens with zero attached hydrogens (tertiary/aromatic N) is 3. The maximum absolute atomic E-state index is 12.7. The Bertz CT molecular complexity index is 462. The molecule has 1 heterocycles. The lowest BCUT2D eigenvalue weighted by atomic mass is 10.1. The zero-order chi connectivity index (χ0) is 11.1. The minimum absolute atomic E-state index is 0.220. The summed E-state index contributed by atoms with van der Waals surface area (Å²) in [6.45, 7) is 0. The van der Waals surface area contributed by atoms with E-state index < -0.39 is 15.4 Å². The highest BCUT2D eigenvalue weighted by Gasteiger charge is 2.27. The largest absolute Gasteiger partial charge is 0.368 e. The predicted molar refractivity (Wildman–Crippen MR) is 50.5 cm³/mol. The average Bonchev–Trinajstić information content (AvgIpc) is 2.69. The van der Waals surface area contributed by atoms with E-state index in [-0.39, 0.29) is 5.92 Å². The first-order valence-electron chi connectivity index (χ1n) is 4.84. The molecule has 1 aromatic heterocycles. The van der Waals surface area contributed by atoms with Crippen LogP contribution in [0.15, 0.2) is 5.16 Å². The number of aromatic nitrogens is 3. The van der Waals surface area contributed by atoms with Crippen molar-refractivity contribution in [1.82, 2.24) is 14.8 Å². The van der Waals surface area contributed by atoms with Crippen LogP contribution in [-0.2, 0) is 17.3 Å². The van der Waals surface area contributed by atoms with Gasteiger partial charge in [-0.2, -0.15) is 8.42 Å². The van der Waals surface area contributed by atoms with Crippen LogP contribution >= 0.6 is 0 Å². The average molecular weight is 233 g/mol. The molecular weight excluding hydrogens is 221 g/mol. The van der Waals surface area contributed by atoms with Gasteiger partial charge in [0.15, 0.2) is 0 Å². The second kappa shape index (κ2) is 3.55. The third-order valence-electron chi connectivity index (χ3n) is 2.81. The number of halogens is 1. The van der Waals surface area contributed by atoms with Gasteiger partial charge < -0.3 is 4.57 Å². The van der Waals surface area contributed by atoms with Gasteiger partial charge in [-0.05, 0) is 12.8 Å². The number of hydrogen-bond acceptors (Lipinski definition) is 4. The summed E-state index contributed by atoms with van der Waals surface area (Å²) >= 11 is 0. The van der Waals surface area contributed by atoms with Crippen LogP contribution in [0.3, 0.4) is 0 Å². The van der Waals surface area contributed by atoms with E-state index in [4.69, 9.17) is 0 Å². The molecule has 0 aliphatic heterocycles. The Balaban J connectivity index is 2.39. The van der Waals surface area contributed by atoms with E-state index >= 15 is 0 Å². The van der Waals surface area contributed by atoms with Crippen LogP contribution in [-0.4, -0.2) is 23.2 Å². The van der Waals surface area contributed by atoms with Crippen molar-refractivity contribution in [3.63, 3.8) is 0 Å². The molecule has 0 spiro atoms. The molecule has 0 atom stereocenters. The van der Waals surface area contributed by atoms with Crippen molar-refractivity contribution in [1.29, 1.82) is 0 Å². The molecule has 1 aliphatic rings. The Labute approximate surface area is 87.5 Å². The van der Waals surface area contributed by atoms with Crippen molar-refractivity contribution >= 4 is 10.2 Å². The zero-order valence-corrected chi connectivity index (χ0v) is 9.17. The lowest BCUT2D eigenvalue weighted by Crippen LogP contribution is -2.07. The van der Waals surface area contributed by atoms with Crippen molar-refractivity contribution < 1.29 is 12.3 Å². The van der Waals surface area contributed by atoms with Gasteiger partial charge in [-0.3, -0.25) is 0 Å². The van der Waals surface area contributed by atoms with Crippen LogP contribution in [0.4, 0.5) is 3.89 Å². The van der Waals surface area contributed by atoms with E-state index in [9.17, 15) is 12.3 Å². The summed E-state index contributed by atoms with van der Waals surface area (Å²) in [7, 11) is -3.27. The van der Waals surface area contributed by atoms with E-state index in [1.54, 1.807) is 0 Å². The molecule has 84 valence electrons. The molecule has 1 saturated carbocycles. The molecule has 1 aliphatic carbocycles. The molecule has 1 fully saturated rings. The van der Waals surface area contributed by atoms with Gasteiger partial charge in [0.2, 0.25) is 0 Å². The minimum atomic E-state index is -4.75. The van der Waals surface area contributed by atoms with Gasteiger partial charge >= 0.3 is 10.2 Å². The first-order valence-corrected chi connectivity index (χ1v) is 6.22. The third kappa shape index (κ3) is 1.88. The summed E-state index contributed by atoms with van der Waals surface area (Å²) in [5.74, 6) is 0.793. The summed E-state index contributed by atoms with van der Waals surface area (Å²) in [4.78, 5) is 0. The van der Waals surface area contributed by atoms with Crippen LogP contribution in [0.2, 0.25) is 0 Å². The quantitative estimate of drug-likeness (QED) is 0.718. The highest BCUT2D eigenvalue weighted by atomic mass is 32.3. The van der Waals surface area contributed by atoms with Crippen LogP contribution in [0, 0.1) is 0 Å². The van der Waals surface area contributed by atoms with Gasteiger partial charge in [0.05, 0.1) is 0 Å². The molecule has 0 bridgehead atoms. The highest BCUT2D eigenvalue weighted by Crippen LogP contribution is 2.33. The molecule has 0 aromatic carbocycles. The van der Waals surface area contributed by atoms with Crippen LogP contribution in [0.5, 0.6) is 0 Å². The van der Waals surface area contributed by atoms with Crippen LogP contribution in [0.1, 0.15) is 37.4 Å². The molecule has 0 unspecified atom stereocenters. The lowest BCUT2D eigenvalue weighted by Gasteiger charge is -2.07. The molecule has 1 aromatic rings. The standard InChI is InChI=1S/C8H12FN3O2S/c1-12-7(6-4-2-3-5-6)10-11-8(12)15(9,13)14/h6H,2-5H2,1H3. The predicted octanol–water partition coefficient (Wildman–Crippen LogP) is 1.13. The molecule has 0 radical (unpaired) electrons. The normalized spacial score (nSPS) is 18.5. The van der Waals surface area contributed by atoms with E-state index in [1.165, 1.54) is 11.6 Å². The molecule has 0 N–H and O–H groups in total. The maximum atomic E-state index is 12.7. The SMILES string of the molecule is Cn1c(C2CCCC2)nnc1S(=O)(=O)F. The molecule has 5 nitrogen and oxygen atoms in total. The first-order chi connectivity index (χ1) is 7.00. The second-order valence-electron chi connectivity index (χ2n) is 3.82. The van der Waals surface area contributed by atoms with Gasteiger partial charge in [-0.15, -0.1) is 10.2 Å². The summed E-state index contributed by atoms with van der Waals surface area (Å²) in [6, 6.07) is 0. The Morgan fingerprint density at radius 2 is 1.93 bits per heavy atom. The molecule has 0 saturated heterocycles. The van der Waals surface area contributed by atoms with Crippen molar-refractivity contribution in [2.75, 3.05) is 0 Å². The Morgan fingerprint density at radius 3 is 2.40 bits per heavy atom. The molecule has 15 heavy (non-hydrogen) atoms. The van der Waals surface area contributed by atoms with Crippen molar-refractivity contribution in [2.24, 2.45) is 7.05 Å². The number of hydrogen-bond donors (Lipinski definition) is 0. The Hall–Kier alpha value is -0.980. The summed E-state index contributed by atoms with van der Waals surface area (Å²) < 4.78 is 35.4. The molecule has 2 rings (SSSR count). The fourth-order valence-corrected chi connectivity index (χ4v) is 2.64. The molecule has 7 heteroatoms. The van der Waals surface area contributed by atoms with Crippen LogP contribution in [0.25, 0.3) is 0 Å². The summed E-state index contributed by atoms with van der Waals surface area (Å²) in [6.07, 6.45) is 4.15. The van der Waals surface area contributed by atoms with Crippen molar-refractivity contribution in [3.05, 3.63) is 5.82 Å². The maximum Gasteiger partial charge on any atom is 0.368 e. The third-order valence-corrected chi connectivity index (χ3v) is 3.60. The van der Waals surface area contributed by atoms with Gasteiger partial charge in [0.25, 0.3) is 5.16 Å². The molecular formula is C8H12FN3O2S. The number of rotatable bonds is 2. The monoisotopic (exact) mass is 233 g/mol. The smallest absolute Gasteiger partial charge is 0.303 e. The van der Waals surface area contributed by atoms with E-state index in [0.29, 0.717) is 5.82 Å². The van der Waals surface area contributed by atoms with Crippen molar-refractivity contribution in [2.45, 2.75) is 36.8 Å². The van der Waals surface area contributed by atoms with Crippen LogP contribution < -0.4 is 0 Å². The second-order valence-corrected chi connectivity index (χ2v) is 5.06. The first kappa shape index (κ1) is 10.5. The topological polar surface area (TPSA) is 64.8 Å². The fraction of sp³-hybridized carbons (Fsp3) is 0.750. The summed E-state index contributed by atoms with van der Waals surface area (Å²) in [5.41, 5.74) is 0. The van der Waals surface area contributed by atoms with Gasteiger partial charge in [-0.1, -0.05) is 16.7 Å². The Kier molecular flexibility index (Phi) is 2.49. The van der Waals surface area contributed by atoms with Gasteiger partial charge in [0, 0.05) is 13.0 Å². The lowest BCUT2D eigenvalue weighted by molar-refractivity contribution is 0.529. The van der Waals surface area contributed by atoms with E-state index in [2.05, 4.69) is 10.2 Å². The van der Waals surface area contributed by atoms with E-state index in [1.807, 2.05) is 0 Å². The van der Waals surface area contributed by atoms with E-state index in [0.717, 1.165) is 25.7 Å². The zero-order valence-electron chi connectivity index (χ0n) is 8.35. The van der Waals surface area contributed by atoms with Crippen molar-refractivity contribution in [3.8, 4) is 0 Å². The summed E-state index contributed by atoms with van der Waals surface area (Å²) in [5, 5.41) is 6.55. The molecule has 0 amide bonds. The highest BCUT2D eigenvalue weighted by molar-refractivity contribution is 7.86. The Morgan fingerprint density at radius 1 is 1.33 bits per heavy atom. The minimum Gasteiger partial charge on any atom is -0.303 e.